The summed E-state index contributed by atoms with van der Waals surface area (Å²) in [5, 5.41) is 7.86. The number of carbonyl (C=O) groups excluding carboxylic acids is 1. The van der Waals surface area contributed by atoms with E-state index in [-0.39, 0.29) is 5.91 Å². The lowest BCUT2D eigenvalue weighted by molar-refractivity contribution is -0.136. The number of nitrogen functional groups attached to an aromatic ring is 1. The average molecular weight is 235 g/mol. The SMILES string of the molecule is CN1CCN(c2ccc(N)nn2)C(C)(C)C1=O. The summed E-state index contributed by atoms with van der Waals surface area (Å²) >= 11 is 0. The molecule has 17 heavy (non-hydrogen) atoms. The molecule has 0 spiro atoms. The van der Waals surface area contributed by atoms with Crippen molar-refractivity contribution in [2.45, 2.75) is 19.4 Å². The van der Waals surface area contributed by atoms with E-state index in [0.29, 0.717) is 18.2 Å². The zero-order valence-electron chi connectivity index (χ0n) is 10.3. The molecular weight excluding hydrogens is 218 g/mol. The second kappa shape index (κ2) is 3.87. The van der Waals surface area contributed by atoms with Crippen LogP contribution in [0.1, 0.15) is 13.8 Å². The first kappa shape index (κ1) is 11.6. The molecule has 6 heteroatoms. The molecule has 1 fully saturated rings. The minimum Gasteiger partial charge on any atom is -0.382 e. The van der Waals surface area contributed by atoms with E-state index in [9.17, 15) is 4.79 Å². The molecule has 0 unspecified atom stereocenters. The highest BCUT2D eigenvalue weighted by Crippen LogP contribution is 2.26. The maximum Gasteiger partial charge on any atom is 0.247 e. The third-order valence-electron chi connectivity index (χ3n) is 3.15. The topological polar surface area (TPSA) is 75.3 Å². The summed E-state index contributed by atoms with van der Waals surface area (Å²) in [6.07, 6.45) is 0. The smallest absolute Gasteiger partial charge is 0.247 e. The van der Waals surface area contributed by atoms with Crippen LogP contribution in [0.4, 0.5) is 11.6 Å². The predicted molar refractivity (Wildman–Crippen MR) is 65.5 cm³/mol. The second-order valence-corrected chi connectivity index (χ2v) is 4.75. The highest BCUT2D eigenvalue weighted by molar-refractivity contribution is 5.89. The highest BCUT2D eigenvalue weighted by Gasteiger charge is 2.41. The Bertz CT molecular complexity index is 428. The maximum absolute atomic E-state index is 12.1. The van der Waals surface area contributed by atoms with Crippen LogP contribution < -0.4 is 10.6 Å². The van der Waals surface area contributed by atoms with Gasteiger partial charge in [0.25, 0.3) is 0 Å². The first-order valence-electron chi connectivity index (χ1n) is 5.55. The number of hydrogen-bond acceptors (Lipinski definition) is 5. The number of nitrogens with two attached hydrogens (primary N) is 1. The molecule has 1 aromatic heterocycles. The summed E-state index contributed by atoms with van der Waals surface area (Å²) in [5.41, 5.74) is 4.91. The monoisotopic (exact) mass is 235 g/mol. The van der Waals surface area contributed by atoms with E-state index in [1.165, 1.54) is 0 Å². The van der Waals surface area contributed by atoms with Gasteiger partial charge in [-0.05, 0) is 26.0 Å². The first-order valence-corrected chi connectivity index (χ1v) is 5.55. The van der Waals surface area contributed by atoms with Gasteiger partial charge in [0.05, 0.1) is 0 Å². The van der Waals surface area contributed by atoms with Gasteiger partial charge in [-0.25, -0.2) is 0 Å². The normalized spacial score (nSPS) is 19.6. The number of amides is 1. The molecule has 2 N–H and O–H groups in total. The number of anilines is 2. The fourth-order valence-corrected chi connectivity index (χ4v) is 2.09. The van der Waals surface area contributed by atoms with Gasteiger partial charge in [0.2, 0.25) is 5.91 Å². The zero-order chi connectivity index (χ0) is 12.6. The van der Waals surface area contributed by atoms with E-state index in [0.717, 1.165) is 6.54 Å². The predicted octanol–water partition coefficient (Wildman–Crippen LogP) is 0.116. The van der Waals surface area contributed by atoms with Crippen molar-refractivity contribution < 1.29 is 4.79 Å². The van der Waals surface area contributed by atoms with E-state index in [2.05, 4.69) is 10.2 Å². The summed E-state index contributed by atoms with van der Waals surface area (Å²) in [5.74, 6) is 1.15. The number of carbonyl (C=O) groups is 1. The van der Waals surface area contributed by atoms with Gasteiger partial charge in [-0.2, -0.15) is 0 Å². The van der Waals surface area contributed by atoms with Crippen LogP contribution in [0, 0.1) is 0 Å². The molecule has 1 aliphatic heterocycles. The van der Waals surface area contributed by atoms with E-state index < -0.39 is 5.54 Å². The molecular formula is C11H17N5O. The fraction of sp³-hybridized carbons (Fsp3) is 0.545. The molecule has 1 aliphatic rings. The standard InChI is InChI=1S/C11H17N5O/c1-11(2)10(17)15(3)6-7-16(11)9-5-4-8(12)13-14-9/h4-5H,6-7H2,1-3H3,(H2,12,13). The minimum absolute atomic E-state index is 0.0855. The van der Waals surface area contributed by atoms with Crippen molar-refractivity contribution in [1.82, 2.24) is 15.1 Å². The van der Waals surface area contributed by atoms with Crippen LogP contribution in [0.25, 0.3) is 0 Å². The van der Waals surface area contributed by atoms with Crippen molar-refractivity contribution in [2.75, 3.05) is 30.8 Å². The van der Waals surface area contributed by atoms with Gasteiger partial charge in [-0.1, -0.05) is 0 Å². The largest absolute Gasteiger partial charge is 0.382 e. The van der Waals surface area contributed by atoms with Gasteiger partial charge in [0.15, 0.2) is 5.82 Å². The highest BCUT2D eigenvalue weighted by atomic mass is 16.2. The molecule has 1 amide bonds. The molecule has 6 nitrogen and oxygen atoms in total. The van der Waals surface area contributed by atoms with E-state index in [1.807, 2.05) is 25.8 Å². The number of aromatic nitrogens is 2. The lowest BCUT2D eigenvalue weighted by Crippen LogP contribution is -2.62. The molecule has 0 radical (unpaired) electrons. The molecule has 0 aliphatic carbocycles. The van der Waals surface area contributed by atoms with Crippen molar-refractivity contribution in [2.24, 2.45) is 0 Å². The molecule has 0 aromatic carbocycles. The summed E-state index contributed by atoms with van der Waals surface area (Å²) in [6, 6.07) is 3.49. The van der Waals surface area contributed by atoms with E-state index in [4.69, 9.17) is 5.73 Å². The minimum atomic E-state index is -0.599. The summed E-state index contributed by atoms with van der Waals surface area (Å²) in [6.45, 7) is 5.22. The number of likely N-dealkylation sites (N-methyl/N-ethyl adjacent to an activating group) is 1. The number of hydrogen-bond donors (Lipinski definition) is 1. The molecule has 0 atom stereocenters. The third kappa shape index (κ3) is 1.90. The van der Waals surface area contributed by atoms with Crippen molar-refractivity contribution in [3.8, 4) is 0 Å². The van der Waals surface area contributed by atoms with Crippen molar-refractivity contribution >= 4 is 17.5 Å². The van der Waals surface area contributed by atoms with Crippen LogP contribution in [0.5, 0.6) is 0 Å². The summed E-state index contributed by atoms with van der Waals surface area (Å²) < 4.78 is 0. The molecule has 1 saturated heterocycles. The first-order chi connectivity index (χ1) is 7.93. The van der Waals surface area contributed by atoms with Gasteiger partial charge in [0, 0.05) is 20.1 Å². The molecule has 1 aromatic rings. The van der Waals surface area contributed by atoms with Crippen molar-refractivity contribution in [1.29, 1.82) is 0 Å². The van der Waals surface area contributed by atoms with Gasteiger partial charge >= 0.3 is 0 Å². The Morgan fingerprint density at radius 2 is 2.00 bits per heavy atom. The molecule has 2 heterocycles. The Morgan fingerprint density at radius 1 is 1.29 bits per heavy atom. The summed E-state index contributed by atoms with van der Waals surface area (Å²) in [4.78, 5) is 15.8. The summed E-state index contributed by atoms with van der Waals surface area (Å²) in [7, 11) is 1.82. The number of piperazine rings is 1. The Kier molecular flexibility index (Phi) is 2.65. The number of nitrogens with zero attached hydrogens (tertiary/aromatic N) is 4. The zero-order valence-corrected chi connectivity index (χ0v) is 10.3. The third-order valence-corrected chi connectivity index (χ3v) is 3.15. The second-order valence-electron chi connectivity index (χ2n) is 4.75. The van der Waals surface area contributed by atoms with E-state index >= 15 is 0 Å². The van der Waals surface area contributed by atoms with Gasteiger partial charge in [-0.15, -0.1) is 10.2 Å². The molecule has 0 bridgehead atoms. The Morgan fingerprint density at radius 3 is 2.59 bits per heavy atom. The lowest BCUT2D eigenvalue weighted by Gasteiger charge is -2.45. The lowest BCUT2D eigenvalue weighted by atomic mass is 9.98. The molecule has 0 saturated carbocycles. The molecule has 92 valence electrons. The quantitative estimate of drug-likeness (QED) is 0.748. The average Bonchev–Trinajstić information content (AvgIpc) is 2.28. The van der Waals surface area contributed by atoms with Crippen LogP contribution in [-0.4, -0.2) is 46.7 Å². The number of rotatable bonds is 1. The van der Waals surface area contributed by atoms with Crippen molar-refractivity contribution in [3.63, 3.8) is 0 Å². The fourth-order valence-electron chi connectivity index (χ4n) is 2.09. The van der Waals surface area contributed by atoms with Gasteiger partial charge in [0.1, 0.15) is 11.4 Å². The van der Waals surface area contributed by atoms with Crippen LogP contribution in [0.3, 0.4) is 0 Å². The van der Waals surface area contributed by atoms with Crippen LogP contribution in [0.15, 0.2) is 12.1 Å². The van der Waals surface area contributed by atoms with Gasteiger partial charge in [-0.3, -0.25) is 4.79 Å². The maximum atomic E-state index is 12.1. The Labute approximate surface area is 100 Å². The Hall–Kier alpha value is -1.85. The van der Waals surface area contributed by atoms with Crippen molar-refractivity contribution in [3.05, 3.63) is 12.1 Å². The Balaban J connectivity index is 2.32. The van der Waals surface area contributed by atoms with Crippen LogP contribution in [0.2, 0.25) is 0 Å². The van der Waals surface area contributed by atoms with Crippen LogP contribution >= 0.6 is 0 Å². The van der Waals surface area contributed by atoms with E-state index in [1.54, 1.807) is 17.0 Å². The van der Waals surface area contributed by atoms with Crippen LogP contribution in [-0.2, 0) is 4.79 Å². The van der Waals surface area contributed by atoms with Gasteiger partial charge < -0.3 is 15.5 Å². The molecule has 2 rings (SSSR count).